The summed E-state index contributed by atoms with van der Waals surface area (Å²) in [6.07, 6.45) is 3.43. The first-order chi connectivity index (χ1) is 9.65. The van der Waals surface area contributed by atoms with Crippen LogP contribution in [0.25, 0.3) is 11.0 Å². The second-order valence-electron chi connectivity index (χ2n) is 4.54. The highest BCUT2D eigenvalue weighted by atomic mass is 35.5. The number of halogens is 2. The van der Waals surface area contributed by atoms with Gasteiger partial charge in [0.05, 0.1) is 29.2 Å². The zero-order valence-corrected chi connectivity index (χ0v) is 11.6. The van der Waals surface area contributed by atoms with Gasteiger partial charge in [0.15, 0.2) is 0 Å². The second-order valence-corrected chi connectivity index (χ2v) is 5.19. The van der Waals surface area contributed by atoms with Gasteiger partial charge < -0.3 is 4.57 Å². The van der Waals surface area contributed by atoms with Crippen LogP contribution in [0.2, 0.25) is 0 Å². The number of hydrogen-bond donors (Lipinski definition) is 0. The Balaban J connectivity index is 2.00. The Morgan fingerprint density at radius 2 is 2.20 bits per heavy atom. The smallest absolute Gasteiger partial charge is 0.127 e. The van der Waals surface area contributed by atoms with E-state index in [-0.39, 0.29) is 11.2 Å². The van der Waals surface area contributed by atoms with Gasteiger partial charge in [-0.25, -0.2) is 9.37 Å². The van der Waals surface area contributed by atoms with Crippen LogP contribution >= 0.6 is 11.6 Å². The van der Waals surface area contributed by atoms with Crippen molar-refractivity contribution in [2.24, 2.45) is 0 Å². The molecule has 3 aromatic rings. The van der Waals surface area contributed by atoms with Gasteiger partial charge >= 0.3 is 0 Å². The summed E-state index contributed by atoms with van der Waals surface area (Å²) < 4.78 is 17.0. The van der Waals surface area contributed by atoms with Crippen LogP contribution in [0.5, 0.6) is 0 Å². The Hall–Kier alpha value is -1.95. The fourth-order valence-corrected chi connectivity index (χ4v) is 2.38. The van der Waals surface area contributed by atoms with E-state index < -0.39 is 0 Å². The van der Waals surface area contributed by atoms with Crippen LogP contribution in [0.1, 0.15) is 18.1 Å². The van der Waals surface area contributed by atoms with Gasteiger partial charge in [-0.2, -0.15) is 0 Å². The Kier molecular flexibility index (Phi) is 3.40. The standard InChI is InChI=1S/C13H13ClFN5/c1-9(14)13-17-11-8-10(15)2-3-12(11)20(13)7-6-19-5-4-16-18-19/h2-5,8-9H,6-7H2,1H3. The van der Waals surface area contributed by atoms with E-state index in [0.717, 1.165) is 11.3 Å². The summed E-state index contributed by atoms with van der Waals surface area (Å²) in [7, 11) is 0. The van der Waals surface area contributed by atoms with E-state index in [2.05, 4.69) is 15.3 Å². The van der Waals surface area contributed by atoms with E-state index in [0.29, 0.717) is 18.6 Å². The number of fused-ring (bicyclic) bond motifs is 1. The van der Waals surface area contributed by atoms with Crippen LogP contribution < -0.4 is 0 Å². The van der Waals surface area contributed by atoms with E-state index in [4.69, 9.17) is 11.6 Å². The van der Waals surface area contributed by atoms with Gasteiger partial charge in [0, 0.05) is 18.8 Å². The fraction of sp³-hybridized carbons (Fsp3) is 0.308. The number of benzene rings is 1. The van der Waals surface area contributed by atoms with Crippen molar-refractivity contribution in [1.29, 1.82) is 0 Å². The predicted octanol–water partition coefficient (Wildman–Crippen LogP) is 2.77. The summed E-state index contributed by atoms with van der Waals surface area (Å²) in [5.41, 5.74) is 1.49. The Morgan fingerprint density at radius 1 is 1.35 bits per heavy atom. The van der Waals surface area contributed by atoms with Crippen LogP contribution in [0, 0.1) is 5.82 Å². The molecule has 0 bridgehead atoms. The summed E-state index contributed by atoms with van der Waals surface area (Å²) >= 11 is 6.17. The van der Waals surface area contributed by atoms with Crippen molar-refractivity contribution in [2.45, 2.75) is 25.4 Å². The average molecular weight is 294 g/mol. The van der Waals surface area contributed by atoms with Crippen molar-refractivity contribution in [2.75, 3.05) is 0 Å². The molecule has 1 atom stereocenters. The van der Waals surface area contributed by atoms with Crippen molar-refractivity contribution in [3.63, 3.8) is 0 Å². The molecule has 3 rings (SSSR count). The number of aromatic nitrogens is 5. The number of rotatable bonds is 4. The van der Waals surface area contributed by atoms with Gasteiger partial charge in [-0.1, -0.05) is 5.21 Å². The summed E-state index contributed by atoms with van der Waals surface area (Å²) in [4.78, 5) is 4.42. The topological polar surface area (TPSA) is 48.5 Å². The van der Waals surface area contributed by atoms with Crippen molar-refractivity contribution in [3.8, 4) is 0 Å². The van der Waals surface area contributed by atoms with Crippen LogP contribution in [0.3, 0.4) is 0 Å². The van der Waals surface area contributed by atoms with E-state index in [1.165, 1.54) is 12.1 Å². The lowest BCUT2D eigenvalue weighted by atomic mass is 10.3. The molecule has 2 heterocycles. The number of imidazole rings is 1. The Bertz CT molecular complexity index is 720. The lowest BCUT2D eigenvalue weighted by Crippen LogP contribution is -2.11. The molecule has 0 fully saturated rings. The zero-order chi connectivity index (χ0) is 14.1. The normalized spacial score (nSPS) is 12.9. The van der Waals surface area contributed by atoms with Crippen LogP contribution in [-0.2, 0) is 13.1 Å². The maximum atomic E-state index is 13.3. The summed E-state index contributed by atoms with van der Waals surface area (Å²) in [5, 5.41) is 7.44. The first-order valence-corrected chi connectivity index (χ1v) is 6.72. The first-order valence-electron chi connectivity index (χ1n) is 6.29. The third-order valence-corrected chi connectivity index (χ3v) is 3.32. The number of aryl methyl sites for hydroxylation is 2. The van der Waals surface area contributed by atoms with Gasteiger partial charge in [0.2, 0.25) is 0 Å². The molecule has 7 heteroatoms. The van der Waals surface area contributed by atoms with Crippen LogP contribution in [0.4, 0.5) is 4.39 Å². The lowest BCUT2D eigenvalue weighted by molar-refractivity contribution is 0.515. The van der Waals surface area contributed by atoms with Gasteiger partial charge in [0.1, 0.15) is 11.6 Å². The highest BCUT2D eigenvalue weighted by Crippen LogP contribution is 2.25. The van der Waals surface area contributed by atoms with Crippen molar-refractivity contribution in [3.05, 3.63) is 42.2 Å². The lowest BCUT2D eigenvalue weighted by Gasteiger charge is -2.10. The number of nitrogens with zero attached hydrogens (tertiary/aromatic N) is 5. The molecule has 0 N–H and O–H groups in total. The molecular weight excluding hydrogens is 281 g/mol. The molecular formula is C13H13ClFN5. The molecule has 0 spiro atoms. The molecule has 0 amide bonds. The van der Waals surface area contributed by atoms with Crippen LogP contribution in [-0.4, -0.2) is 24.5 Å². The van der Waals surface area contributed by atoms with Crippen molar-refractivity contribution >= 4 is 22.6 Å². The van der Waals surface area contributed by atoms with Gasteiger partial charge in [-0.3, -0.25) is 4.68 Å². The molecule has 0 aliphatic heterocycles. The van der Waals surface area contributed by atoms with Crippen molar-refractivity contribution < 1.29 is 4.39 Å². The third kappa shape index (κ3) is 2.38. The second kappa shape index (κ2) is 5.20. The largest absolute Gasteiger partial charge is 0.325 e. The Morgan fingerprint density at radius 3 is 2.90 bits per heavy atom. The third-order valence-electron chi connectivity index (χ3n) is 3.12. The maximum absolute atomic E-state index is 13.3. The van der Waals surface area contributed by atoms with E-state index in [9.17, 15) is 4.39 Å². The molecule has 104 valence electrons. The number of alkyl halides is 1. The van der Waals surface area contributed by atoms with Crippen LogP contribution in [0.15, 0.2) is 30.6 Å². The SMILES string of the molecule is CC(Cl)c1nc2cc(F)ccc2n1CCn1ccnn1. The highest BCUT2D eigenvalue weighted by Gasteiger charge is 2.15. The van der Waals surface area contributed by atoms with Gasteiger partial charge in [-0.05, 0) is 19.1 Å². The minimum Gasteiger partial charge on any atom is -0.325 e. The minimum absolute atomic E-state index is 0.249. The Labute approximate surface area is 120 Å². The molecule has 2 aromatic heterocycles. The first kappa shape index (κ1) is 13.1. The van der Waals surface area contributed by atoms with Gasteiger partial charge in [-0.15, -0.1) is 16.7 Å². The fourth-order valence-electron chi connectivity index (χ4n) is 2.21. The molecule has 5 nitrogen and oxygen atoms in total. The quantitative estimate of drug-likeness (QED) is 0.695. The van der Waals surface area contributed by atoms with E-state index >= 15 is 0 Å². The number of hydrogen-bond acceptors (Lipinski definition) is 3. The molecule has 1 unspecified atom stereocenters. The molecule has 0 aliphatic carbocycles. The minimum atomic E-state index is -0.299. The van der Waals surface area contributed by atoms with Gasteiger partial charge in [0.25, 0.3) is 0 Å². The molecule has 20 heavy (non-hydrogen) atoms. The summed E-state index contributed by atoms with van der Waals surface area (Å²) in [6, 6.07) is 4.57. The average Bonchev–Trinajstić information content (AvgIpc) is 3.02. The summed E-state index contributed by atoms with van der Waals surface area (Å²) in [6.45, 7) is 3.16. The van der Waals surface area contributed by atoms with Crippen molar-refractivity contribution in [1.82, 2.24) is 24.5 Å². The van der Waals surface area contributed by atoms with E-state index in [1.54, 1.807) is 23.1 Å². The molecule has 1 aromatic carbocycles. The maximum Gasteiger partial charge on any atom is 0.127 e. The van der Waals surface area contributed by atoms with E-state index in [1.807, 2.05) is 11.5 Å². The molecule has 0 saturated carbocycles. The summed E-state index contributed by atoms with van der Waals surface area (Å²) in [5.74, 6) is 0.430. The monoisotopic (exact) mass is 293 g/mol. The zero-order valence-electron chi connectivity index (χ0n) is 10.9. The highest BCUT2D eigenvalue weighted by molar-refractivity contribution is 6.20. The molecule has 0 radical (unpaired) electrons. The predicted molar refractivity (Wildman–Crippen MR) is 74.0 cm³/mol. The molecule has 0 aliphatic rings. The molecule has 0 saturated heterocycles.